The maximum atomic E-state index is 12.2. The smallest absolute Gasteiger partial charge is 0.234 e. The van der Waals surface area contributed by atoms with Gasteiger partial charge in [0.05, 0.1) is 18.6 Å². The number of nitrogens with zero attached hydrogens (tertiary/aromatic N) is 2. The van der Waals surface area contributed by atoms with E-state index in [0.29, 0.717) is 5.13 Å². The highest BCUT2D eigenvalue weighted by Gasteiger charge is 2.11. The third-order valence-electron chi connectivity index (χ3n) is 3.54. The zero-order chi connectivity index (χ0) is 19.2. The molecular weight excluding hydrogens is 448 g/mol. The van der Waals surface area contributed by atoms with Gasteiger partial charge in [-0.25, -0.2) is 0 Å². The molecular formula is C18H17BrN4O2S2. The van der Waals surface area contributed by atoms with E-state index in [1.807, 2.05) is 49.4 Å². The standard InChI is InChI=1S/C18H17BrN4O2S2/c1-11-9-12(19)7-8-13(11)20-16(24)10-26-18-23-22-17(27-18)21-14-5-3-4-6-15(14)25-2/h3-9H,10H2,1-2H3,(H,20,24)(H,21,22). The van der Waals surface area contributed by atoms with Gasteiger partial charge >= 0.3 is 0 Å². The van der Waals surface area contributed by atoms with E-state index < -0.39 is 0 Å². The molecule has 0 aliphatic heterocycles. The molecule has 0 radical (unpaired) electrons. The molecule has 0 saturated heterocycles. The fourth-order valence-corrected chi connectivity index (χ4v) is 4.30. The molecule has 9 heteroatoms. The van der Waals surface area contributed by atoms with Crippen LogP contribution < -0.4 is 15.4 Å². The van der Waals surface area contributed by atoms with Crippen molar-refractivity contribution in [2.24, 2.45) is 0 Å². The summed E-state index contributed by atoms with van der Waals surface area (Å²) in [5.74, 6) is 0.907. The molecule has 27 heavy (non-hydrogen) atoms. The van der Waals surface area contributed by atoms with Crippen LogP contribution in [0, 0.1) is 6.92 Å². The normalized spacial score (nSPS) is 10.5. The molecule has 0 aliphatic rings. The molecule has 6 nitrogen and oxygen atoms in total. The molecule has 0 unspecified atom stereocenters. The number of aromatic nitrogens is 2. The summed E-state index contributed by atoms with van der Waals surface area (Å²) in [5, 5.41) is 15.0. The molecule has 2 N–H and O–H groups in total. The monoisotopic (exact) mass is 464 g/mol. The molecule has 3 rings (SSSR count). The number of amides is 1. The molecule has 0 atom stereocenters. The number of hydrogen-bond donors (Lipinski definition) is 2. The Morgan fingerprint density at radius 2 is 2.04 bits per heavy atom. The van der Waals surface area contributed by atoms with Gasteiger partial charge in [-0.3, -0.25) is 4.79 Å². The summed E-state index contributed by atoms with van der Waals surface area (Å²) in [4.78, 5) is 12.2. The van der Waals surface area contributed by atoms with E-state index in [0.717, 1.165) is 31.5 Å². The molecule has 1 aromatic heterocycles. The van der Waals surface area contributed by atoms with E-state index in [9.17, 15) is 4.79 Å². The lowest BCUT2D eigenvalue weighted by atomic mass is 10.2. The summed E-state index contributed by atoms with van der Waals surface area (Å²) < 4.78 is 7.01. The van der Waals surface area contributed by atoms with Crippen LogP contribution in [0.15, 0.2) is 51.3 Å². The van der Waals surface area contributed by atoms with Gasteiger partial charge in [0.2, 0.25) is 11.0 Å². The number of thioether (sulfide) groups is 1. The van der Waals surface area contributed by atoms with Crippen LogP contribution in [0.3, 0.4) is 0 Å². The lowest BCUT2D eigenvalue weighted by Gasteiger charge is -2.08. The molecule has 140 valence electrons. The average Bonchev–Trinajstić information content (AvgIpc) is 3.10. The summed E-state index contributed by atoms with van der Waals surface area (Å²) in [6.07, 6.45) is 0. The van der Waals surface area contributed by atoms with Gasteiger partial charge in [-0.2, -0.15) is 0 Å². The molecule has 0 aliphatic carbocycles. The zero-order valence-corrected chi connectivity index (χ0v) is 17.9. The second kappa shape index (κ2) is 9.20. The number of nitrogens with one attached hydrogen (secondary N) is 2. The van der Waals surface area contributed by atoms with Gasteiger partial charge in [0.25, 0.3) is 0 Å². The molecule has 0 fully saturated rings. The minimum atomic E-state index is -0.0835. The fraction of sp³-hybridized carbons (Fsp3) is 0.167. The predicted octanol–water partition coefficient (Wildman–Crippen LogP) is 5.09. The number of methoxy groups -OCH3 is 1. The topological polar surface area (TPSA) is 76.1 Å². The number of benzene rings is 2. The van der Waals surface area contributed by atoms with E-state index in [4.69, 9.17) is 4.74 Å². The van der Waals surface area contributed by atoms with Crippen molar-refractivity contribution in [1.82, 2.24) is 10.2 Å². The summed E-state index contributed by atoms with van der Waals surface area (Å²) in [6.45, 7) is 1.95. The molecule has 3 aromatic rings. The van der Waals surface area contributed by atoms with E-state index in [-0.39, 0.29) is 11.7 Å². The Bertz CT molecular complexity index is 949. The average molecular weight is 465 g/mol. The number of rotatable bonds is 7. The Balaban J connectivity index is 1.55. The molecule has 0 bridgehead atoms. The van der Waals surface area contributed by atoms with Gasteiger partial charge < -0.3 is 15.4 Å². The number of carbonyl (C=O) groups is 1. The van der Waals surface area contributed by atoms with Crippen LogP contribution in [-0.4, -0.2) is 29.0 Å². The van der Waals surface area contributed by atoms with Gasteiger partial charge in [-0.1, -0.05) is 51.2 Å². The number of ether oxygens (including phenoxy) is 1. The maximum absolute atomic E-state index is 12.2. The van der Waals surface area contributed by atoms with Crippen molar-refractivity contribution in [2.45, 2.75) is 11.3 Å². The van der Waals surface area contributed by atoms with E-state index in [2.05, 4.69) is 36.8 Å². The highest BCUT2D eigenvalue weighted by molar-refractivity contribution is 9.10. The SMILES string of the molecule is COc1ccccc1Nc1nnc(SCC(=O)Nc2ccc(Br)cc2C)s1. The largest absolute Gasteiger partial charge is 0.495 e. The van der Waals surface area contributed by atoms with Crippen LogP contribution in [0.25, 0.3) is 0 Å². The van der Waals surface area contributed by atoms with Crippen LogP contribution in [0.5, 0.6) is 5.75 Å². The highest BCUT2D eigenvalue weighted by Crippen LogP contribution is 2.31. The summed E-state index contributed by atoms with van der Waals surface area (Å²) in [6, 6.07) is 13.3. The lowest BCUT2D eigenvalue weighted by molar-refractivity contribution is -0.113. The molecule has 0 spiro atoms. The van der Waals surface area contributed by atoms with Crippen molar-refractivity contribution < 1.29 is 9.53 Å². The van der Waals surface area contributed by atoms with Crippen LogP contribution in [0.1, 0.15) is 5.56 Å². The van der Waals surface area contributed by atoms with E-state index in [1.165, 1.54) is 23.1 Å². The number of halogens is 1. The van der Waals surface area contributed by atoms with Crippen molar-refractivity contribution in [2.75, 3.05) is 23.5 Å². The van der Waals surface area contributed by atoms with Crippen molar-refractivity contribution in [3.8, 4) is 5.75 Å². The first kappa shape index (κ1) is 19.7. The third-order valence-corrected chi connectivity index (χ3v) is 6.01. The molecule has 1 amide bonds. The summed E-state index contributed by atoms with van der Waals surface area (Å²) in [7, 11) is 1.62. The molecule has 2 aromatic carbocycles. The predicted molar refractivity (Wildman–Crippen MR) is 114 cm³/mol. The van der Waals surface area contributed by atoms with Crippen LogP contribution in [0.2, 0.25) is 0 Å². The quantitative estimate of drug-likeness (QED) is 0.474. The van der Waals surface area contributed by atoms with Gasteiger partial charge in [0.1, 0.15) is 5.75 Å². The Labute approximate surface area is 173 Å². The number of para-hydroxylation sites is 2. The second-order valence-corrected chi connectivity index (χ2v) is 8.61. The molecule has 0 saturated carbocycles. The van der Waals surface area contributed by atoms with Gasteiger partial charge in [0.15, 0.2) is 4.34 Å². The number of carbonyl (C=O) groups excluding carboxylic acids is 1. The summed E-state index contributed by atoms with van der Waals surface area (Å²) >= 11 is 6.15. The van der Waals surface area contributed by atoms with Crippen molar-refractivity contribution >= 4 is 61.4 Å². The summed E-state index contributed by atoms with van der Waals surface area (Å²) in [5.41, 5.74) is 2.62. The maximum Gasteiger partial charge on any atom is 0.234 e. The Kier molecular flexibility index (Phi) is 6.70. The fourth-order valence-electron chi connectivity index (χ4n) is 2.26. The minimum Gasteiger partial charge on any atom is -0.495 e. The van der Waals surface area contributed by atoms with E-state index >= 15 is 0 Å². The first-order valence-corrected chi connectivity index (χ1v) is 10.6. The van der Waals surface area contributed by atoms with Crippen molar-refractivity contribution in [3.05, 3.63) is 52.5 Å². The van der Waals surface area contributed by atoms with Crippen molar-refractivity contribution in [1.29, 1.82) is 0 Å². The van der Waals surface area contributed by atoms with E-state index in [1.54, 1.807) is 7.11 Å². The first-order chi connectivity index (χ1) is 13.0. The molecule has 1 heterocycles. The Hall–Kier alpha value is -2.10. The Morgan fingerprint density at radius 1 is 1.22 bits per heavy atom. The highest BCUT2D eigenvalue weighted by atomic mass is 79.9. The van der Waals surface area contributed by atoms with Crippen LogP contribution in [-0.2, 0) is 4.79 Å². The number of aryl methyl sites for hydroxylation is 1. The van der Waals surface area contributed by atoms with Gasteiger partial charge in [-0.05, 0) is 42.8 Å². The van der Waals surface area contributed by atoms with Gasteiger partial charge in [0, 0.05) is 10.2 Å². The second-order valence-electron chi connectivity index (χ2n) is 5.49. The Morgan fingerprint density at radius 3 is 2.81 bits per heavy atom. The number of hydrogen-bond acceptors (Lipinski definition) is 7. The van der Waals surface area contributed by atoms with Crippen LogP contribution in [0.4, 0.5) is 16.5 Å². The zero-order valence-electron chi connectivity index (χ0n) is 14.7. The van der Waals surface area contributed by atoms with Gasteiger partial charge in [-0.15, -0.1) is 10.2 Å². The first-order valence-electron chi connectivity index (χ1n) is 7.97. The van der Waals surface area contributed by atoms with Crippen LogP contribution >= 0.6 is 39.0 Å². The third kappa shape index (κ3) is 5.44. The number of anilines is 3. The van der Waals surface area contributed by atoms with Crippen molar-refractivity contribution in [3.63, 3.8) is 0 Å². The minimum absolute atomic E-state index is 0.0835. The lowest BCUT2D eigenvalue weighted by Crippen LogP contribution is -2.14.